The molecule has 1 aliphatic rings. The van der Waals surface area contributed by atoms with Crippen molar-refractivity contribution in [2.45, 2.75) is 4.90 Å². The Balaban J connectivity index is 1.93. The number of pyridine rings is 1. The molecule has 126 valence electrons. The molecule has 25 heavy (non-hydrogen) atoms. The number of thiazole rings is 1. The van der Waals surface area contributed by atoms with Crippen LogP contribution >= 0.6 is 23.1 Å². The quantitative estimate of drug-likeness (QED) is 0.608. The predicted molar refractivity (Wildman–Crippen MR) is 104 cm³/mol. The molecule has 0 amide bonds. The maximum absolute atomic E-state index is 12.8. The van der Waals surface area contributed by atoms with E-state index in [0.29, 0.717) is 0 Å². The van der Waals surface area contributed by atoms with Gasteiger partial charge in [-0.3, -0.25) is 4.79 Å². The van der Waals surface area contributed by atoms with Crippen LogP contribution in [0.15, 0.2) is 58.4 Å². The lowest BCUT2D eigenvalue weighted by Gasteiger charge is -2.11. The van der Waals surface area contributed by atoms with Crippen LogP contribution in [0.4, 0.5) is 5.69 Å². The van der Waals surface area contributed by atoms with Gasteiger partial charge in [-0.05, 0) is 18.2 Å². The molecule has 0 unspecified atom stereocenters. The van der Waals surface area contributed by atoms with Crippen molar-refractivity contribution in [1.82, 2.24) is 4.57 Å². The molecular weight excluding hydrogens is 350 g/mol. The van der Waals surface area contributed by atoms with E-state index in [9.17, 15) is 4.79 Å². The maximum Gasteiger partial charge on any atom is 0.271 e. The molecular formula is C19H18N3OS2+. The maximum atomic E-state index is 12.8. The lowest BCUT2D eigenvalue weighted by molar-refractivity contribution is -0.673. The molecule has 2 aromatic heterocycles. The molecule has 3 aromatic rings. The molecule has 0 radical (unpaired) electrons. The summed E-state index contributed by atoms with van der Waals surface area (Å²) in [5.41, 5.74) is 2.27. The summed E-state index contributed by atoms with van der Waals surface area (Å²) in [4.78, 5) is 16.1. The van der Waals surface area contributed by atoms with E-state index in [0.717, 1.165) is 25.6 Å². The minimum Gasteiger partial charge on any atom is -0.337 e. The summed E-state index contributed by atoms with van der Waals surface area (Å²) in [5.74, 6) is 0. The van der Waals surface area contributed by atoms with E-state index in [1.807, 2.05) is 62.2 Å². The van der Waals surface area contributed by atoms with Gasteiger partial charge >= 0.3 is 0 Å². The van der Waals surface area contributed by atoms with Crippen molar-refractivity contribution >= 4 is 39.9 Å². The van der Waals surface area contributed by atoms with Gasteiger partial charge in [-0.2, -0.15) is 0 Å². The minimum atomic E-state index is 0.0528. The van der Waals surface area contributed by atoms with E-state index < -0.39 is 0 Å². The van der Waals surface area contributed by atoms with E-state index in [4.69, 9.17) is 0 Å². The molecule has 0 saturated heterocycles. The Bertz CT molecular complexity index is 1140. The zero-order valence-corrected chi connectivity index (χ0v) is 15.9. The van der Waals surface area contributed by atoms with Crippen LogP contribution in [0.25, 0.3) is 11.1 Å². The van der Waals surface area contributed by atoms with Gasteiger partial charge in [0.25, 0.3) is 5.56 Å². The Labute approximate surface area is 154 Å². The first-order valence-corrected chi connectivity index (χ1v) is 9.56. The number of aromatic nitrogens is 2. The lowest BCUT2D eigenvalue weighted by Crippen LogP contribution is -2.33. The number of thioether (sulfide) groups is 1. The summed E-state index contributed by atoms with van der Waals surface area (Å²) in [6.45, 7) is 0. The van der Waals surface area contributed by atoms with E-state index >= 15 is 0 Å². The third-order valence-electron chi connectivity index (χ3n) is 4.33. The van der Waals surface area contributed by atoms with Crippen LogP contribution in [0.5, 0.6) is 0 Å². The predicted octanol–water partition coefficient (Wildman–Crippen LogP) is 1.41. The molecule has 1 aliphatic heterocycles. The summed E-state index contributed by atoms with van der Waals surface area (Å²) < 4.78 is 5.51. The van der Waals surface area contributed by atoms with Gasteiger partial charge in [-0.25, -0.2) is 4.57 Å². The van der Waals surface area contributed by atoms with Crippen molar-refractivity contribution in [3.63, 3.8) is 0 Å². The Hall–Kier alpha value is -2.31. The van der Waals surface area contributed by atoms with Gasteiger partial charge < -0.3 is 9.47 Å². The molecule has 0 spiro atoms. The Morgan fingerprint density at radius 1 is 1.08 bits per heavy atom. The number of nitrogens with zero attached hydrogens (tertiary/aromatic N) is 3. The van der Waals surface area contributed by atoms with Crippen molar-refractivity contribution in [2.75, 3.05) is 11.9 Å². The van der Waals surface area contributed by atoms with Crippen LogP contribution in [0.3, 0.4) is 0 Å². The lowest BCUT2D eigenvalue weighted by atomic mass is 10.3. The van der Waals surface area contributed by atoms with Crippen LogP contribution in [-0.2, 0) is 14.1 Å². The highest BCUT2D eigenvalue weighted by Crippen LogP contribution is 2.44. The fourth-order valence-corrected chi connectivity index (χ4v) is 5.23. The van der Waals surface area contributed by atoms with Crippen LogP contribution in [0, 0.1) is 0 Å². The fourth-order valence-electron chi connectivity index (χ4n) is 2.84. The minimum absolute atomic E-state index is 0.0528. The molecule has 4 nitrogen and oxygen atoms in total. The number of benzene rings is 1. The Morgan fingerprint density at radius 3 is 2.60 bits per heavy atom. The average molecular weight is 369 g/mol. The van der Waals surface area contributed by atoms with E-state index in [2.05, 4.69) is 23.1 Å². The van der Waals surface area contributed by atoms with Crippen molar-refractivity contribution in [2.24, 2.45) is 14.1 Å². The van der Waals surface area contributed by atoms with Crippen LogP contribution in [-0.4, -0.2) is 11.6 Å². The number of fused-ring (bicyclic) bond motifs is 1. The molecule has 0 fully saturated rings. The highest BCUT2D eigenvalue weighted by Gasteiger charge is 2.24. The zero-order chi connectivity index (χ0) is 17.6. The largest absolute Gasteiger partial charge is 0.337 e. The van der Waals surface area contributed by atoms with Gasteiger partial charge in [0, 0.05) is 37.2 Å². The van der Waals surface area contributed by atoms with Crippen molar-refractivity contribution in [1.29, 1.82) is 0 Å². The first-order chi connectivity index (χ1) is 12.1. The number of hydrogen-bond acceptors (Lipinski definition) is 4. The standard InChI is InChI=1S/C19H18N3OS2/c1-20-11-7-6-8-13(20)12-16-22(3)18(23)17(25-16)19-21(2)14-9-4-5-10-15(14)24-19/h4-12H,1-3H3/q+1. The molecule has 0 atom stereocenters. The summed E-state index contributed by atoms with van der Waals surface area (Å²) in [5, 5.41) is 1.00. The van der Waals surface area contributed by atoms with E-state index in [1.54, 1.807) is 27.7 Å². The van der Waals surface area contributed by atoms with Gasteiger partial charge in [0.05, 0.1) is 5.69 Å². The Kier molecular flexibility index (Phi) is 4.01. The van der Waals surface area contributed by atoms with E-state index in [-0.39, 0.29) is 5.56 Å². The third-order valence-corrected chi connectivity index (χ3v) is 6.87. The molecule has 6 heteroatoms. The number of hydrogen-bond donors (Lipinski definition) is 0. The average Bonchev–Trinajstić information content (AvgIpc) is 3.09. The molecule has 4 rings (SSSR count). The molecule has 0 aliphatic carbocycles. The van der Waals surface area contributed by atoms with Gasteiger partial charge in [-0.15, -0.1) is 11.3 Å². The zero-order valence-electron chi connectivity index (χ0n) is 14.3. The van der Waals surface area contributed by atoms with Crippen LogP contribution in [0.1, 0.15) is 5.69 Å². The monoisotopic (exact) mass is 368 g/mol. The van der Waals surface area contributed by atoms with Gasteiger partial charge in [-0.1, -0.05) is 23.9 Å². The van der Waals surface area contributed by atoms with Crippen molar-refractivity contribution in [3.05, 3.63) is 73.9 Å². The first-order valence-electron chi connectivity index (χ1n) is 7.93. The number of rotatable bonds is 1. The second kappa shape index (κ2) is 6.20. The first kappa shape index (κ1) is 16.2. The molecule has 0 N–H and O–H groups in total. The summed E-state index contributed by atoms with van der Waals surface area (Å²) in [7, 11) is 5.86. The van der Waals surface area contributed by atoms with Crippen LogP contribution < -0.4 is 24.2 Å². The SMILES string of the molecule is CN1C(=c2sc(=Cc3cccc[n+]3C)n(C)c2=O)Sc2ccccc21. The Morgan fingerprint density at radius 2 is 1.84 bits per heavy atom. The highest BCUT2D eigenvalue weighted by atomic mass is 32.2. The highest BCUT2D eigenvalue weighted by molar-refractivity contribution is 8.08. The third kappa shape index (κ3) is 2.71. The fraction of sp³-hybridized carbons (Fsp3) is 0.158. The van der Waals surface area contributed by atoms with Gasteiger partial charge in [0.15, 0.2) is 6.20 Å². The normalized spacial score (nSPS) is 16.4. The molecule has 3 heterocycles. The van der Waals surface area contributed by atoms with E-state index in [1.165, 1.54) is 4.90 Å². The van der Waals surface area contributed by atoms with Gasteiger partial charge in [0.1, 0.15) is 21.3 Å². The second-order valence-corrected chi connectivity index (χ2v) is 8.01. The molecule has 1 aromatic carbocycles. The second-order valence-electron chi connectivity index (χ2n) is 5.95. The number of anilines is 1. The summed E-state index contributed by atoms with van der Waals surface area (Å²) in [6, 6.07) is 14.3. The number of para-hydroxylation sites is 1. The van der Waals surface area contributed by atoms with Crippen molar-refractivity contribution < 1.29 is 4.57 Å². The van der Waals surface area contributed by atoms with Gasteiger partial charge in [0.2, 0.25) is 5.69 Å². The summed E-state index contributed by atoms with van der Waals surface area (Å²) >= 11 is 3.21. The summed E-state index contributed by atoms with van der Waals surface area (Å²) in [6.07, 6.45) is 4.06. The molecule has 0 saturated carbocycles. The van der Waals surface area contributed by atoms with Crippen molar-refractivity contribution in [3.8, 4) is 0 Å². The molecule has 0 bridgehead atoms. The smallest absolute Gasteiger partial charge is 0.271 e. The van der Waals surface area contributed by atoms with Crippen LogP contribution in [0.2, 0.25) is 0 Å². The number of aryl methyl sites for hydroxylation is 1. The topological polar surface area (TPSA) is 29.1 Å².